The fourth-order valence-electron chi connectivity index (χ4n) is 3.52. The zero-order valence-electron chi connectivity index (χ0n) is 12.3. The van der Waals surface area contributed by atoms with E-state index >= 15 is 0 Å². The minimum absolute atomic E-state index is 0.0864. The molecule has 0 aromatic carbocycles. The van der Waals surface area contributed by atoms with Gasteiger partial charge in [-0.2, -0.15) is 0 Å². The number of carbonyl (C=O) groups is 1. The van der Waals surface area contributed by atoms with Crippen molar-refractivity contribution in [3.8, 4) is 0 Å². The Morgan fingerprint density at radius 2 is 2.29 bits per heavy atom. The van der Waals surface area contributed by atoms with Crippen molar-refractivity contribution < 1.29 is 14.3 Å². The molecule has 2 fully saturated rings. The first-order valence-corrected chi connectivity index (χ1v) is 7.28. The number of aromatic amines is 2. The van der Waals surface area contributed by atoms with Crippen molar-refractivity contribution in [1.82, 2.24) is 15.5 Å². The molecule has 1 aromatic rings. The normalized spacial score (nSPS) is 30.8. The molecule has 1 aliphatic heterocycles. The third kappa shape index (κ3) is 2.51. The monoisotopic (exact) mass is 295 g/mol. The maximum Gasteiger partial charge on any atom is 0.267 e. The third-order valence-electron chi connectivity index (χ3n) is 4.64. The molecule has 2 aliphatic rings. The molecule has 0 unspecified atom stereocenters. The van der Waals surface area contributed by atoms with Gasteiger partial charge in [-0.15, -0.1) is 0 Å². The summed E-state index contributed by atoms with van der Waals surface area (Å²) < 4.78 is 10.9. The first-order valence-electron chi connectivity index (χ1n) is 7.28. The number of hydrogen-bond donors (Lipinski definition) is 3. The SMILES string of the molecule is COC[C@@H]1[C@@H](NC(=O)Cc2c(C)[nH][nH]c2=O)[C@@H]2CCO[C@H]12. The molecule has 1 saturated carbocycles. The number of H-pyrrole nitrogens is 2. The fourth-order valence-corrected chi connectivity index (χ4v) is 3.52. The molecule has 1 saturated heterocycles. The van der Waals surface area contributed by atoms with Crippen molar-refractivity contribution in [2.45, 2.75) is 31.9 Å². The smallest absolute Gasteiger partial charge is 0.267 e. The lowest BCUT2D eigenvalue weighted by Gasteiger charge is -2.47. The summed E-state index contributed by atoms with van der Waals surface area (Å²) in [6.45, 7) is 3.10. The molecule has 0 spiro atoms. The van der Waals surface area contributed by atoms with Crippen LogP contribution in [0.3, 0.4) is 0 Å². The zero-order chi connectivity index (χ0) is 15.0. The van der Waals surface area contributed by atoms with E-state index in [1.807, 2.05) is 0 Å². The van der Waals surface area contributed by atoms with Crippen LogP contribution in [0.2, 0.25) is 0 Å². The van der Waals surface area contributed by atoms with Crippen LogP contribution >= 0.6 is 0 Å². The molecule has 21 heavy (non-hydrogen) atoms. The van der Waals surface area contributed by atoms with E-state index in [2.05, 4.69) is 15.5 Å². The molecule has 2 heterocycles. The van der Waals surface area contributed by atoms with Crippen LogP contribution in [0.25, 0.3) is 0 Å². The molecule has 1 amide bonds. The van der Waals surface area contributed by atoms with Crippen LogP contribution < -0.4 is 10.9 Å². The Hall–Kier alpha value is -1.60. The molecule has 116 valence electrons. The summed E-state index contributed by atoms with van der Waals surface area (Å²) in [6, 6.07) is 0.0864. The number of carbonyl (C=O) groups excluding carboxylic acids is 1. The van der Waals surface area contributed by atoms with Gasteiger partial charge in [0.25, 0.3) is 5.56 Å². The van der Waals surface area contributed by atoms with Crippen LogP contribution in [0.4, 0.5) is 0 Å². The second-order valence-electron chi connectivity index (χ2n) is 5.86. The van der Waals surface area contributed by atoms with Crippen molar-refractivity contribution >= 4 is 5.91 Å². The molecule has 0 radical (unpaired) electrons. The fraction of sp³-hybridized carbons (Fsp3) is 0.714. The van der Waals surface area contributed by atoms with Gasteiger partial charge in [-0.05, 0) is 13.3 Å². The number of aromatic nitrogens is 2. The van der Waals surface area contributed by atoms with Gasteiger partial charge in [0.05, 0.1) is 19.1 Å². The van der Waals surface area contributed by atoms with E-state index in [0.717, 1.165) is 13.0 Å². The maximum absolute atomic E-state index is 12.2. The number of amides is 1. The summed E-state index contributed by atoms with van der Waals surface area (Å²) in [5.74, 6) is 0.455. The molecular formula is C14H21N3O4. The summed E-state index contributed by atoms with van der Waals surface area (Å²) in [5, 5.41) is 8.27. The van der Waals surface area contributed by atoms with Gasteiger partial charge in [0, 0.05) is 42.9 Å². The van der Waals surface area contributed by atoms with E-state index in [1.165, 1.54) is 0 Å². The highest BCUT2D eigenvalue weighted by molar-refractivity contribution is 5.79. The number of fused-ring (bicyclic) bond motifs is 1. The van der Waals surface area contributed by atoms with Gasteiger partial charge in [0.1, 0.15) is 0 Å². The third-order valence-corrected chi connectivity index (χ3v) is 4.64. The zero-order valence-corrected chi connectivity index (χ0v) is 12.3. The van der Waals surface area contributed by atoms with Crippen molar-refractivity contribution in [3.63, 3.8) is 0 Å². The molecule has 7 heteroatoms. The molecular weight excluding hydrogens is 274 g/mol. The standard InChI is InChI=1S/C14H21N3O4/c1-7-9(14(19)17-16-7)5-11(18)15-12-8-3-4-21-13(8)10(12)6-20-2/h8,10,12-13H,3-6H2,1-2H3,(H,15,18)(H2,16,17,19)/t8-,10+,12-,13-/m0/s1. The Kier molecular flexibility index (Phi) is 3.86. The van der Waals surface area contributed by atoms with E-state index < -0.39 is 0 Å². The van der Waals surface area contributed by atoms with Crippen molar-refractivity contribution in [1.29, 1.82) is 0 Å². The topological polar surface area (TPSA) is 96.2 Å². The summed E-state index contributed by atoms with van der Waals surface area (Å²) in [7, 11) is 1.66. The van der Waals surface area contributed by atoms with Gasteiger partial charge >= 0.3 is 0 Å². The van der Waals surface area contributed by atoms with Crippen molar-refractivity contribution in [2.75, 3.05) is 20.3 Å². The molecule has 7 nitrogen and oxygen atoms in total. The van der Waals surface area contributed by atoms with Crippen LogP contribution in [-0.2, 0) is 20.7 Å². The Balaban J connectivity index is 1.63. The van der Waals surface area contributed by atoms with Gasteiger partial charge in [0.15, 0.2) is 0 Å². The van der Waals surface area contributed by atoms with E-state index in [9.17, 15) is 9.59 Å². The second-order valence-corrected chi connectivity index (χ2v) is 5.86. The number of aryl methyl sites for hydroxylation is 1. The first kappa shape index (κ1) is 14.3. The van der Waals surface area contributed by atoms with Gasteiger partial charge < -0.3 is 19.9 Å². The Morgan fingerprint density at radius 1 is 1.48 bits per heavy atom. The summed E-state index contributed by atoms with van der Waals surface area (Å²) >= 11 is 0. The molecule has 1 aromatic heterocycles. The van der Waals surface area contributed by atoms with Gasteiger partial charge in [0.2, 0.25) is 5.91 Å². The molecule has 0 bridgehead atoms. The number of methoxy groups -OCH3 is 1. The Labute approximate surface area is 122 Å². The second kappa shape index (κ2) is 5.65. The minimum atomic E-state index is -0.230. The molecule has 4 atom stereocenters. The van der Waals surface area contributed by atoms with Crippen LogP contribution in [0.1, 0.15) is 17.7 Å². The number of hydrogen-bond acceptors (Lipinski definition) is 4. The average molecular weight is 295 g/mol. The van der Waals surface area contributed by atoms with Crippen LogP contribution in [-0.4, -0.2) is 48.6 Å². The van der Waals surface area contributed by atoms with E-state index in [4.69, 9.17) is 9.47 Å². The van der Waals surface area contributed by atoms with E-state index in [-0.39, 0.29) is 36.0 Å². The van der Waals surface area contributed by atoms with E-state index in [0.29, 0.717) is 23.8 Å². The summed E-state index contributed by atoms with van der Waals surface area (Å²) in [6.07, 6.45) is 1.27. The summed E-state index contributed by atoms with van der Waals surface area (Å²) in [4.78, 5) is 23.8. The van der Waals surface area contributed by atoms with Gasteiger partial charge in [-0.3, -0.25) is 14.7 Å². The van der Waals surface area contributed by atoms with Crippen LogP contribution in [0.15, 0.2) is 4.79 Å². The predicted molar refractivity (Wildman–Crippen MR) is 75.0 cm³/mol. The van der Waals surface area contributed by atoms with Crippen molar-refractivity contribution in [2.24, 2.45) is 11.8 Å². The number of ether oxygens (including phenoxy) is 2. The Bertz CT molecular complexity index is 579. The number of rotatable bonds is 5. The highest BCUT2D eigenvalue weighted by Crippen LogP contribution is 2.43. The Morgan fingerprint density at radius 3 is 2.95 bits per heavy atom. The van der Waals surface area contributed by atoms with Crippen LogP contribution in [0.5, 0.6) is 0 Å². The quantitative estimate of drug-likeness (QED) is 0.696. The lowest BCUT2D eigenvalue weighted by Crippen LogP contribution is -2.63. The van der Waals surface area contributed by atoms with Crippen molar-refractivity contribution in [3.05, 3.63) is 21.6 Å². The average Bonchev–Trinajstić information content (AvgIpc) is 3.01. The first-order chi connectivity index (χ1) is 10.1. The van der Waals surface area contributed by atoms with E-state index in [1.54, 1.807) is 14.0 Å². The number of nitrogens with one attached hydrogen (secondary N) is 3. The highest BCUT2D eigenvalue weighted by Gasteiger charge is 2.54. The summed E-state index contributed by atoms with van der Waals surface area (Å²) in [5.41, 5.74) is 0.973. The molecule has 3 N–H and O–H groups in total. The lowest BCUT2D eigenvalue weighted by atomic mass is 9.67. The maximum atomic E-state index is 12.2. The van der Waals surface area contributed by atoms with Crippen LogP contribution in [0, 0.1) is 18.8 Å². The highest BCUT2D eigenvalue weighted by atomic mass is 16.5. The molecule has 1 aliphatic carbocycles. The lowest BCUT2D eigenvalue weighted by molar-refractivity contribution is -0.129. The minimum Gasteiger partial charge on any atom is -0.384 e. The largest absolute Gasteiger partial charge is 0.384 e. The predicted octanol–water partition coefficient (Wildman–Crippen LogP) is -0.280. The molecule has 3 rings (SSSR count). The van der Waals surface area contributed by atoms with Gasteiger partial charge in [-0.1, -0.05) is 0 Å². The van der Waals surface area contributed by atoms with Gasteiger partial charge in [-0.25, -0.2) is 0 Å².